The van der Waals surface area contributed by atoms with Gasteiger partial charge in [-0.05, 0) is 62.4 Å². The van der Waals surface area contributed by atoms with Gasteiger partial charge >= 0.3 is 5.97 Å². The number of carbonyl (C=O) groups excluding carboxylic acids is 2. The number of hydrogen-bond acceptors (Lipinski definition) is 6. The lowest BCUT2D eigenvalue weighted by Gasteiger charge is -2.21. The van der Waals surface area contributed by atoms with Gasteiger partial charge in [0.2, 0.25) is 0 Å². The van der Waals surface area contributed by atoms with Crippen LogP contribution < -0.4 is 20.5 Å². The number of ether oxygens (including phenoxy) is 1. The Balaban J connectivity index is 1.63. The Hall–Kier alpha value is -4.73. The van der Waals surface area contributed by atoms with Gasteiger partial charge in [0.15, 0.2) is 11.0 Å². The first-order chi connectivity index (χ1) is 18.8. The first-order valence-corrected chi connectivity index (χ1v) is 12.9. The number of rotatable bonds is 11. The highest BCUT2D eigenvalue weighted by Gasteiger charge is 2.25. The van der Waals surface area contributed by atoms with Crippen molar-refractivity contribution in [1.29, 1.82) is 5.41 Å². The number of nitrogen functional groups attached to an aromatic ring is 1. The van der Waals surface area contributed by atoms with Crippen LogP contribution in [0.25, 0.3) is 11.0 Å². The number of amides is 1. The second kappa shape index (κ2) is 12.2. The van der Waals surface area contributed by atoms with Gasteiger partial charge in [0.05, 0.1) is 26.6 Å². The summed E-state index contributed by atoms with van der Waals surface area (Å²) in [6, 6.07) is 18.4. The number of aryl methyl sites for hydroxylation is 2. The van der Waals surface area contributed by atoms with Crippen LogP contribution in [0, 0.1) is 5.41 Å². The van der Waals surface area contributed by atoms with Gasteiger partial charge in [-0.3, -0.25) is 19.9 Å². The van der Waals surface area contributed by atoms with E-state index in [-0.39, 0.29) is 30.7 Å². The molecule has 2 heterocycles. The molecule has 0 radical (unpaired) electrons. The summed E-state index contributed by atoms with van der Waals surface area (Å²) in [4.78, 5) is 31.6. The number of benzene rings is 2. The van der Waals surface area contributed by atoms with Crippen molar-refractivity contribution in [3.05, 3.63) is 83.8 Å². The highest BCUT2D eigenvalue weighted by atomic mass is 16.5. The highest BCUT2D eigenvalue weighted by molar-refractivity contribution is 6.07. The molecule has 0 spiro atoms. The van der Waals surface area contributed by atoms with Gasteiger partial charge in [-0.2, -0.15) is 0 Å². The van der Waals surface area contributed by atoms with Crippen LogP contribution in [-0.2, 0) is 29.7 Å². The van der Waals surface area contributed by atoms with Crippen molar-refractivity contribution in [2.75, 3.05) is 23.4 Å². The number of nitrogens with two attached hydrogens (primary N) is 1. The number of carbonyl (C=O) groups is 2. The largest absolute Gasteiger partial charge is 0.466 e. The standard InChI is InChI=1S/C29H34N7O3/c1-4-35-24-18-21(29(38)36(17-15-27(37)39-5-2)25-8-6-7-16-32-25)11-14-23(24)34(3)26(35)19-33-22-12-9-20(10-13-22)28(30)31/h6-14,16,18,33H,4-5,15,17,19H2,1-3H3,(H3,30,31)/q+1. The SMILES string of the molecule is CCOC(=O)CCN(C(=O)c1ccc2c(c1)n(CC)c(CNc1ccc(C(=N)N)cc1)[n+]2C)c1ccccn1. The van der Waals surface area contributed by atoms with Crippen LogP contribution in [0.4, 0.5) is 11.5 Å². The Morgan fingerprint density at radius 3 is 2.49 bits per heavy atom. The molecule has 0 atom stereocenters. The van der Waals surface area contributed by atoms with Gasteiger partial charge in [0.25, 0.3) is 11.7 Å². The van der Waals surface area contributed by atoms with Crippen molar-refractivity contribution in [3.63, 3.8) is 0 Å². The van der Waals surface area contributed by atoms with Crippen molar-refractivity contribution in [1.82, 2.24) is 9.55 Å². The minimum absolute atomic E-state index is 0.0342. The fourth-order valence-corrected chi connectivity index (χ4v) is 4.56. The monoisotopic (exact) mass is 528 g/mol. The molecule has 4 rings (SSSR count). The summed E-state index contributed by atoms with van der Waals surface area (Å²) in [5.74, 6) is 0.950. The summed E-state index contributed by atoms with van der Waals surface area (Å²) in [6.07, 6.45) is 1.69. The molecular weight excluding hydrogens is 494 g/mol. The molecule has 0 aliphatic rings. The molecule has 4 N–H and O–H groups in total. The third-order valence-electron chi connectivity index (χ3n) is 6.55. The Labute approximate surface area is 227 Å². The molecule has 39 heavy (non-hydrogen) atoms. The van der Waals surface area contributed by atoms with E-state index in [9.17, 15) is 9.59 Å². The minimum Gasteiger partial charge on any atom is -0.466 e. The molecule has 0 saturated carbocycles. The van der Waals surface area contributed by atoms with E-state index >= 15 is 0 Å². The van der Waals surface area contributed by atoms with Gasteiger partial charge in [-0.15, -0.1) is 0 Å². The number of nitrogens with one attached hydrogen (secondary N) is 2. The van der Waals surface area contributed by atoms with Crippen molar-refractivity contribution < 1.29 is 18.9 Å². The third kappa shape index (κ3) is 6.06. The van der Waals surface area contributed by atoms with Crippen LogP contribution in [0.3, 0.4) is 0 Å². The molecule has 1 amide bonds. The molecule has 2 aromatic carbocycles. The first-order valence-electron chi connectivity index (χ1n) is 12.9. The predicted molar refractivity (Wildman–Crippen MR) is 151 cm³/mol. The molecule has 0 saturated heterocycles. The minimum atomic E-state index is -0.360. The molecule has 0 aliphatic heterocycles. The molecule has 4 aromatic rings. The fourth-order valence-electron chi connectivity index (χ4n) is 4.56. The van der Waals surface area contributed by atoms with Crippen molar-refractivity contribution in [3.8, 4) is 0 Å². The second-order valence-corrected chi connectivity index (χ2v) is 8.97. The van der Waals surface area contributed by atoms with E-state index in [1.165, 1.54) is 4.90 Å². The average Bonchev–Trinajstić information content (AvgIpc) is 3.22. The number of amidine groups is 1. The quantitative estimate of drug-likeness (QED) is 0.118. The number of nitrogens with zero attached hydrogens (tertiary/aromatic N) is 4. The molecule has 0 bridgehead atoms. The molecule has 2 aromatic heterocycles. The van der Waals surface area contributed by atoms with Crippen LogP contribution >= 0.6 is 0 Å². The average molecular weight is 529 g/mol. The van der Waals surface area contributed by atoms with Crippen LogP contribution in [0.1, 0.15) is 42.0 Å². The Morgan fingerprint density at radius 2 is 1.85 bits per heavy atom. The number of pyridine rings is 1. The van der Waals surface area contributed by atoms with E-state index in [1.54, 1.807) is 25.3 Å². The molecule has 0 aliphatic carbocycles. The van der Waals surface area contributed by atoms with Gasteiger partial charge in [-0.1, -0.05) is 6.07 Å². The summed E-state index contributed by atoms with van der Waals surface area (Å²) >= 11 is 0. The number of hydrogen-bond donors (Lipinski definition) is 3. The lowest BCUT2D eigenvalue weighted by atomic mass is 10.1. The summed E-state index contributed by atoms with van der Waals surface area (Å²) in [5, 5.41) is 11.0. The molecule has 10 heteroatoms. The van der Waals surface area contributed by atoms with Crippen molar-refractivity contribution in [2.45, 2.75) is 33.4 Å². The topological polar surface area (TPSA) is 130 Å². The molecule has 0 fully saturated rings. The van der Waals surface area contributed by atoms with E-state index in [0.717, 1.165) is 22.5 Å². The Kier molecular flexibility index (Phi) is 8.55. The van der Waals surface area contributed by atoms with Crippen molar-refractivity contribution >= 4 is 40.3 Å². The first kappa shape index (κ1) is 27.3. The van der Waals surface area contributed by atoms with E-state index in [0.29, 0.717) is 36.6 Å². The number of fused-ring (bicyclic) bond motifs is 1. The van der Waals surface area contributed by atoms with E-state index in [1.807, 2.05) is 55.6 Å². The lowest BCUT2D eigenvalue weighted by Crippen LogP contribution is -2.34. The zero-order valence-electron chi connectivity index (χ0n) is 22.5. The summed E-state index contributed by atoms with van der Waals surface area (Å²) in [6.45, 7) is 5.54. The maximum atomic E-state index is 13.7. The number of imidazole rings is 1. The Morgan fingerprint density at radius 1 is 1.10 bits per heavy atom. The molecular formula is C29H34N7O3+. The highest BCUT2D eigenvalue weighted by Crippen LogP contribution is 2.21. The van der Waals surface area contributed by atoms with Crippen LogP contribution in [-0.4, -0.2) is 40.4 Å². The fraction of sp³-hybridized carbons (Fsp3) is 0.276. The van der Waals surface area contributed by atoms with E-state index in [4.69, 9.17) is 15.9 Å². The summed E-state index contributed by atoms with van der Waals surface area (Å²) in [5.41, 5.74) is 9.58. The Bertz CT molecular complexity index is 1480. The predicted octanol–water partition coefficient (Wildman–Crippen LogP) is 3.38. The van der Waals surface area contributed by atoms with Gasteiger partial charge < -0.3 is 15.8 Å². The lowest BCUT2D eigenvalue weighted by molar-refractivity contribution is -0.653. The van der Waals surface area contributed by atoms with Crippen LogP contribution in [0.2, 0.25) is 0 Å². The summed E-state index contributed by atoms with van der Waals surface area (Å²) in [7, 11) is 2.01. The van der Waals surface area contributed by atoms with Crippen LogP contribution in [0.5, 0.6) is 0 Å². The summed E-state index contributed by atoms with van der Waals surface area (Å²) < 4.78 is 9.35. The second-order valence-electron chi connectivity index (χ2n) is 8.97. The smallest absolute Gasteiger partial charge is 0.307 e. The maximum Gasteiger partial charge on any atom is 0.307 e. The van der Waals surface area contributed by atoms with Gasteiger partial charge in [-0.25, -0.2) is 14.1 Å². The maximum absolute atomic E-state index is 13.7. The number of aromatic nitrogens is 3. The molecule has 202 valence electrons. The number of esters is 1. The van der Waals surface area contributed by atoms with Crippen LogP contribution in [0.15, 0.2) is 66.9 Å². The van der Waals surface area contributed by atoms with E-state index in [2.05, 4.69) is 26.4 Å². The third-order valence-corrected chi connectivity index (χ3v) is 6.55. The van der Waals surface area contributed by atoms with Gasteiger partial charge in [0.1, 0.15) is 18.2 Å². The number of anilines is 2. The van der Waals surface area contributed by atoms with Crippen molar-refractivity contribution in [2.24, 2.45) is 12.8 Å². The molecule has 0 unspecified atom stereocenters. The van der Waals surface area contributed by atoms with E-state index < -0.39 is 0 Å². The zero-order chi connectivity index (χ0) is 27.9. The normalized spacial score (nSPS) is 10.8. The zero-order valence-corrected chi connectivity index (χ0v) is 22.5. The molecule has 10 nitrogen and oxygen atoms in total. The van der Waals surface area contributed by atoms with Gasteiger partial charge in [0, 0.05) is 35.6 Å².